The highest BCUT2D eigenvalue weighted by molar-refractivity contribution is 9.10. The summed E-state index contributed by atoms with van der Waals surface area (Å²) in [5, 5.41) is 2.98. The molecule has 152 valence electrons. The number of anilines is 1. The lowest BCUT2D eigenvalue weighted by Gasteiger charge is -2.26. The zero-order valence-electron chi connectivity index (χ0n) is 16.6. The highest BCUT2D eigenvalue weighted by Gasteiger charge is 2.17. The molecular formula is C23H25BrFN3O. The maximum absolute atomic E-state index is 13.5. The maximum atomic E-state index is 13.5. The van der Waals surface area contributed by atoms with Crippen molar-refractivity contribution < 1.29 is 9.18 Å². The molecule has 0 atom stereocenters. The molecule has 0 unspecified atom stereocenters. The number of carbonyl (C=O) groups excluding carboxylic acids is 1. The Morgan fingerprint density at radius 1 is 1.14 bits per heavy atom. The third kappa shape index (κ3) is 6.19. The Kier molecular flexibility index (Phi) is 7.09. The second kappa shape index (κ2) is 9.74. The molecule has 2 amide bonds. The van der Waals surface area contributed by atoms with Gasteiger partial charge in [-0.2, -0.15) is 0 Å². The van der Waals surface area contributed by atoms with Crippen molar-refractivity contribution in [3.63, 3.8) is 0 Å². The molecule has 1 heterocycles. The molecule has 0 saturated heterocycles. The first kappa shape index (κ1) is 21.1. The minimum Gasteiger partial charge on any atom is -0.345 e. The van der Waals surface area contributed by atoms with Gasteiger partial charge in [-0.3, -0.25) is 0 Å². The monoisotopic (exact) mass is 457 g/mol. The predicted octanol–water partition coefficient (Wildman–Crippen LogP) is 6.13. The average Bonchev–Trinajstić information content (AvgIpc) is 3.07. The van der Waals surface area contributed by atoms with Gasteiger partial charge in [-0.1, -0.05) is 48.0 Å². The zero-order valence-corrected chi connectivity index (χ0v) is 18.2. The van der Waals surface area contributed by atoms with Crippen LogP contribution in [0.3, 0.4) is 0 Å². The third-order valence-electron chi connectivity index (χ3n) is 4.47. The number of rotatable bonds is 7. The third-order valence-corrected chi connectivity index (χ3v) is 4.96. The number of nitrogens with one attached hydrogen (secondary N) is 1. The summed E-state index contributed by atoms with van der Waals surface area (Å²) >= 11 is 3.43. The summed E-state index contributed by atoms with van der Waals surface area (Å²) in [6.07, 6.45) is 1.96. The van der Waals surface area contributed by atoms with Crippen LogP contribution < -0.4 is 5.32 Å². The molecular weight excluding hydrogens is 433 g/mol. The molecule has 3 aromatic rings. The quantitative estimate of drug-likeness (QED) is 0.455. The van der Waals surface area contributed by atoms with Crippen molar-refractivity contribution in [2.45, 2.75) is 26.9 Å². The Morgan fingerprint density at radius 3 is 2.66 bits per heavy atom. The lowest BCUT2D eigenvalue weighted by molar-refractivity contribution is 0.200. The lowest BCUT2D eigenvalue weighted by atomic mass is 10.2. The average molecular weight is 458 g/mol. The van der Waals surface area contributed by atoms with Crippen LogP contribution in [-0.2, 0) is 13.1 Å². The Bertz CT molecular complexity index is 970. The second-order valence-electron chi connectivity index (χ2n) is 7.47. The number of benzene rings is 2. The van der Waals surface area contributed by atoms with E-state index in [4.69, 9.17) is 0 Å². The number of hydrogen-bond donors (Lipinski definition) is 1. The van der Waals surface area contributed by atoms with Crippen molar-refractivity contribution in [2.75, 3.05) is 11.9 Å². The molecule has 4 nitrogen and oxygen atoms in total. The first-order valence-electron chi connectivity index (χ1n) is 9.60. The van der Waals surface area contributed by atoms with E-state index in [0.29, 0.717) is 25.6 Å². The summed E-state index contributed by atoms with van der Waals surface area (Å²) < 4.78 is 16.5. The van der Waals surface area contributed by atoms with E-state index in [2.05, 4.69) is 39.7 Å². The normalized spacial score (nSPS) is 10.9. The van der Waals surface area contributed by atoms with Gasteiger partial charge in [0.25, 0.3) is 0 Å². The van der Waals surface area contributed by atoms with Gasteiger partial charge >= 0.3 is 6.03 Å². The van der Waals surface area contributed by atoms with Gasteiger partial charge in [0.1, 0.15) is 5.82 Å². The molecule has 0 spiro atoms. The van der Waals surface area contributed by atoms with Crippen LogP contribution in [0.1, 0.15) is 25.1 Å². The van der Waals surface area contributed by atoms with E-state index in [1.54, 1.807) is 6.07 Å². The zero-order chi connectivity index (χ0) is 20.8. The SMILES string of the molecule is CC(C)CN(Cc1cccn1Cc1cccc(F)c1)C(=O)Nc1cccc(Br)c1. The number of amides is 2. The van der Waals surface area contributed by atoms with Crippen molar-refractivity contribution in [1.82, 2.24) is 9.47 Å². The van der Waals surface area contributed by atoms with E-state index in [9.17, 15) is 9.18 Å². The van der Waals surface area contributed by atoms with E-state index >= 15 is 0 Å². The van der Waals surface area contributed by atoms with Gasteiger partial charge in [0.2, 0.25) is 0 Å². The van der Waals surface area contributed by atoms with Crippen LogP contribution in [0.15, 0.2) is 71.3 Å². The van der Waals surface area contributed by atoms with E-state index in [1.807, 2.05) is 53.6 Å². The number of hydrogen-bond acceptors (Lipinski definition) is 1. The molecule has 1 N–H and O–H groups in total. The van der Waals surface area contributed by atoms with Crippen LogP contribution >= 0.6 is 15.9 Å². The van der Waals surface area contributed by atoms with Crippen LogP contribution in [-0.4, -0.2) is 22.0 Å². The molecule has 2 aromatic carbocycles. The summed E-state index contributed by atoms with van der Waals surface area (Å²) in [7, 11) is 0. The first-order chi connectivity index (χ1) is 13.9. The summed E-state index contributed by atoms with van der Waals surface area (Å²) in [6, 6.07) is 17.9. The first-order valence-corrected chi connectivity index (χ1v) is 10.4. The summed E-state index contributed by atoms with van der Waals surface area (Å²) in [4.78, 5) is 14.7. The molecule has 0 aliphatic rings. The van der Waals surface area contributed by atoms with Crippen LogP contribution in [0.5, 0.6) is 0 Å². The second-order valence-corrected chi connectivity index (χ2v) is 8.39. The van der Waals surface area contributed by atoms with Gasteiger partial charge in [-0.15, -0.1) is 0 Å². The Balaban J connectivity index is 1.75. The van der Waals surface area contributed by atoms with E-state index in [1.165, 1.54) is 12.1 Å². The summed E-state index contributed by atoms with van der Waals surface area (Å²) in [5.41, 5.74) is 2.63. The summed E-state index contributed by atoms with van der Waals surface area (Å²) in [5.74, 6) is 0.0842. The number of carbonyl (C=O) groups is 1. The smallest absolute Gasteiger partial charge is 0.322 e. The van der Waals surface area contributed by atoms with Crippen molar-refractivity contribution >= 4 is 27.6 Å². The Hall–Kier alpha value is -2.60. The molecule has 0 bridgehead atoms. The van der Waals surface area contributed by atoms with Gasteiger partial charge < -0.3 is 14.8 Å². The minimum atomic E-state index is -0.244. The van der Waals surface area contributed by atoms with E-state index in [0.717, 1.165) is 21.4 Å². The number of urea groups is 1. The topological polar surface area (TPSA) is 37.3 Å². The maximum Gasteiger partial charge on any atom is 0.322 e. The number of aromatic nitrogens is 1. The summed E-state index contributed by atoms with van der Waals surface area (Å²) in [6.45, 7) is 5.84. The molecule has 0 fully saturated rings. The standard InChI is InChI=1S/C23H25BrFN3O/c1-17(2)14-28(23(29)26-21-9-4-7-19(24)13-21)16-22-10-5-11-27(22)15-18-6-3-8-20(25)12-18/h3-13,17H,14-16H2,1-2H3,(H,26,29). The van der Waals surface area contributed by atoms with Crippen LogP contribution in [0.2, 0.25) is 0 Å². The largest absolute Gasteiger partial charge is 0.345 e. The van der Waals surface area contributed by atoms with E-state index < -0.39 is 0 Å². The van der Waals surface area contributed by atoms with Gasteiger partial charge in [-0.05, 0) is 53.9 Å². The minimum absolute atomic E-state index is 0.143. The van der Waals surface area contributed by atoms with Crippen molar-refractivity contribution in [2.24, 2.45) is 5.92 Å². The van der Waals surface area contributed by atoms with Gasteiger partial charge in [0.15, 0.2) is 0 Å². The van der Waals surface area contributed by atoms with Gasteiger partial charge in [0, 0.05) is 35.1 Å². The Labute approximate surface area is 179 Å². The number of halogens is 2. The van der Waals surface area contributed by atoms with Crippen molar-refractivity contribution in [3.8, 4) is 0 Å². The highest BCUT2D eigenvalue weighted by Crippen LogP contribution is 2.18. The fourth-order valence-corrected chi connectivity index (χ4v) is 3.60. The number of nitrogens with zero attached hydrogens (tertiary/aromatic N) is 2. The molecule has 0 saturated carbocycles. The van der Waals surface area contributed by atoms with Gasteiger partial charge in [0.05, 0.1) is 6.54 Å². The van der Waals surface area contributed by atoms with Crippen LogP contribution in [0.4, 0.5) is 14.9 Å². The van der Waals surface area contributed by atoms with Crippen molar-refractivity contribution in [3.05, 3.63) is 88.4 Å². The van der Waals surface area contributed by atoms with Crippen LogP contribution in [0.25, 0.3) is 0 Å². The van der Waals surface area contributed by atoms with Crippen LogP contribution in [0, 0.1) is 11.7 Å². The molecule has 1 aromatic heterocycles. The molecule has 3 rings (SSSR count). The lowest BCUT2D eigenvalue weighted by Crippen LogP contribution is -2.37. The molecule has 6 heteroatoms. The molecule has 0 radical (unpaired) electrons. The fourth-order valence-electron chi connectivity index (χ4n) is 3.20. The van der Waals surface area contributed by atoms with Gasteiger partial charge in [-0.25, -0.2) is 9.18 Å². The van der Waals surface area contributed by atoms with E-state index in [-0.39, 0.29) is 11.8 Å². The fraction of sp³-hybridized carbons (Fsp3) is 0.261. The molecule has 0 aliphatic heterocycles. The molecule has 0 aliphatic carbocycles. The molecule has 29 heavy (non-hydrogen) atoms. The Morgan fingerprint density at radius 2 is 1.93 bits per heavy atom. The highest BCUT2D eigenvalue weighted by atomic mass is 79.9. The predicted molar refractivity (Wildman–Crippen MR) is 118 cm³/mol. The van der Waals surface area contributed by atoms with Crippen molar-refractivity contribution in [1.29, 1.82) is 0 Å².